The molecule has 0 amide bonds. The van der Waals surface area contributed by atoms with Gasteiger partial charge in [0.1, 0.15) is 12.4 Å². The van der Waals surface area contributed by atoms with E-state index < -0.39 is 0 Å². The molecule has 0 aliphatic heterocycles. The lowest BCUT2D eigenvalue weighted by atomic mass is 10.2. The predicted molar refractivity (Wildman–Crippen MR) is 126 cm³/mol. The van der Waals surface area contributed by atoms with Gasteiger partial charge in [0.25, 0.3) is 0 Å². The van der Waals surface area contributed by atoms with Crippen LogP contribution in [0.15, 0.2) is 83.3 Å². The lowest BCUT2D eigenvalue weighted by molar-refractivity contribution is 0.306. The summed E-state index contributed by atoms with van der Waals surface area (Å²) < 4.78 is 5.85. The van der Waals surface area contributed by atoms with Crippen molar-refractivity contribution in [2.75, 3.05) is 5.43 Å². The van der Waals surface area contributed by atoms with Crippen molar-refractivity contribution in [3.05, 3.63) is 99.3 Å². The van der Waals surface area contributed by atoms with Crippen molar-refractivity contribution in [2.24, 2.45) is 5.10 Å². The van der Waals surface area contributed by atoms with Gasteiger partial charge in [-0.05, 0) is 41.5 Å². The highest BCUT2D eigenvalue weighted by atomic mass is 35.5. The maximum absolute atomic E-state index is 6.26. The first-order valence-electron chi connectivity index (χ1n) is 9.14. The minimum Gasteiger partial charge on any atom is -0.489 e. The van der Waals surface area contributed by atoms with E-state index in [1.807, 2.05) is 66.0 Å². The second-order valence-electron chi connectivity index (χ2n) is 6.38. The van der Waals surface area contributed by atoms with Crippen LogP contribution in [0.5, 0.6) is 5.75 Å². The van der Waals surface area contributed by atoms with E-state index in [9.17, 15) is 0 Å². The third kappa shape index (κ3) is 5.39. The SMILES string of the molecule is Clc1ccc(-c2csc(N/N=C/c3cccc(OCc4ccccc4)c3)n2)c(Cl)c1. The van der Waals surface area contributed by atoms with Crippen molar-refractivity contribution in [3.8, 4) is 17.0 Å². The number of rotatable bonds is 7. The van der Waals surface area contributed by atoms with Crippen LogP contribution in [-0.4, -0.2) is 11.2 Å². The minimum atomic E-state index is 0.523. The molecule has 4 rings (SSSR count). The van der Waals surface area contributed by atoms with Crippen LogP contribution in [0.3, 0.4) is 0 Å². The first kappa shape index (κ1) is 20.4. The van der Waals surface area contributed by atoms with Gasteiger partial charge in [0.2, 0.25) is 5.13 Å². The zero-order valence-electron chi connectivity index (χ0n) is 15.8. The molecule has 30 heavy (non-hydrogen) atoms. The quantitative estimate of drug-likeness (QED) is 0.238. The normalized spacial score (nSPS) is 11.0. The maximum atomic E-state index is 6.26. The number of hydrazone groups is 1. The fraction of sp³-hybridized carbons (Fsp3) is 0.0435. The molecule has 0 bridgehead atoms. The van der Waals surface area contributed by atoms with Crippen molar-refractivity contribution in [3.63, 3.8) is 0 Å². The van der Waals surface area contributed by atoms with Crippen LogP contribution >= 0.6 is 34.5 Å². The summed E-state index contributed by atoms with van der Waals surface area (Å²) in [6, 6.07) is 23.2. The number of thiazole rings is 1. The molecule has 3 aromatic carbocycles. The largest absolute Gasteiger partial charge is 0.489 e. The number of halogens is 2. The van der Waals surface area contributed by atoms with Crippen LogP contribution in [0.25, 0.3) is 11.3 Å². The van der Waals surface area contributed by atoms with Gasteiger partial charge in [0.05, 0.1) is 16.9 Å². The van der Waals surface area contributed by atoms with Crippen molar-refractivity contribution in [1.82, 2.24) is 4.98 Å². The van der Waals surface area contributed by atoms with E-state index in [2.05, 4.69) is 15.5 Å². The van der Waals surface area contributed by atoms with Crippen molar-refractivity contribution >= 4 is 45.9 Å². The van der Waals surface area contributed by atoms with Crippen molar-refractivity contribution in [2.45, 2.75) is 6.61 Å². The minimum absolute atomic E-state index is 0.523. The highest BCUT2D eigenvalue weighted by Crippen LogP contribution is 2.32. The van der Waals surface area contributed by atoms with Gasteiger partial charge in [0.15, 0.2) is 0 Å². The average molecular weight is 454 g/mol. The van der Waals surface area contributed by atoms with Gasteiger partial charge in [0, 0.05) is 16.0 Å². The first-order chi connectivity index (χ1) is 14.7. The Morgan fingerprint density at radius 1 is 1.00 bits per heavy atom. The third-order valence-corrected chi connectivity index (χ3v) is 5.49. The van der Waals surface area contributed by atoms with Crippen molar-refractivity contribution < 1.29 is 4.74 Å². The zero-order chi connectivity index (χ0) is 20.8. The van der Waals surface area contributed by atoms with E-state index in [1.165, 1.54) is 11.3 Å². The molecule has 0 aliphatic rings. The molecule has 1 heterocycles. The van der Waals surface area contributed by atoms with Crippen LogP contribution in [0, 0.1) is 0 Å². The van der Waals surface area contributed by atoms with Crippen LogP contribution in [0.4, 0.5) is 5.13 Å². The molecule has 4 aromatic rings. The fourth-order valence-electron chi connectivity index (χ4n) is 2.73. The monoisotopic (exact) mass is 453 g/mol. The Morgan fingerprint density at radius 2 is 1.87 bits per heavy atom. The summed E-state index contributed by atoms with van der Waals surface area (Å²) in [4.78, 5) is 4.52. The number of benzene rings is 3. The molecule has 0 spiro atoms. The molecule has 1 N–H and O–H groups in total. The second-order valence-corrected chi connectivity index (χ2v) is 8.08. The van der Waals surface area contributed by atoms with E-state index in [-0.39, 0.29) is 0 Å². The fourth-order valence-corrected chi connectivity index (χ4v) is 3.90. The Bertz CT molecular complexity index is 1160. The summed E-state index contributed by atoms with van der Waals surface area (Å²) in [5, 5.41) is 8.03. The molecule has 1 aromatic heterocycles. The number of hydrogen-bond acceptors (Lipinski definition) is 5. The lowest BCUT2D eigenvalue weighted by Crippen LogP contribution is -1.96. The summed E-state index contributed by atoms with van der Waals surface area (Å²) in [5.41, 5.74) is 6.61. The summed E-state index contributed by atoms with van der Waals surface area (Å²) in [7, 11) is 0. The van der Waals surface area contributed by atoms with E-state index in [0.717, 1.165) is 28.1 Å². The van der Waals surface area contributed by atoms with Gasteiger partial charge in [-0.1, -0.05) is 65.7 Å². The van der Waals surface area contributed by atoms with Crippen LogP contribution in [0.2, 0.25) is 10.0 Å². The van der Waals surface area contributed by atoms with E-state index in [4.69, 9.17) is 27.9 Å². The molecular formula is C23H17Cl2N3OS. The zero-order valence-corrected chi connectivity index (χ0v) is 18.1. The van der Waals surface area contributed by atoms with Gasteiger partial charge in [-0.25, -0.2) is 4.98 Å². The molecule has 0 unspecified atom stereocenters. The maximum Gasteiger partial charge on any atom is 0.203 e. The van der Waals surface area contributed by atoms with Gasteiger partial charge in [-0.3, -0.25) is 5.43 Å². The van der Waals surface area contributed by atoms with Gasteiger partial charge in [-0.15, -0.1) is 11.3 Å². The number of hydrogen-bond donors (Lipinski definition) is 1. The number of aromatic nitrogens is 1. The molecule has 0 fully saturated rings. The van der Waals surface area contributed by atoms with E-state index >= 15 is 0 Å². The Morgan fingerprint density at radius 3 is 2.70 bits per heavy atom. The number of anilines is 1. The Kier molecular flexibility index (Phi) is 6.64. The Balaban J connectivity index is 1.37. The number of ether oxygens (including phenoxy) is 1. The van der Waals surface area contributed by atoms with Crippen LogP contribution < -0.4 is 10.2 Å². The molecule has 0 radical (unpaired) electrons. The molecule has 7 heteroatoms. The first-order valence-corrected chi connectivity index (χ1v) is 10.8. The molecule has 0 aliphatic carbocycles. The summed E-state index contributed by atoms with van der Waals surface area (Å²) in [6.07, 6.45) is 1.73. The molecule has 150 valence electrons. The second kappa shape index (κ2) is 9.76. The Hall–Kier alpha value is -2.86. The number of nitrogens with zero attached hydrogens (tertiary/aromatic N) is 2. The molecule has 0 saturated heterocycles. The highest BCUT2D eigenvalue weighted by Gasteiger charge is 2.08. The Labute approximate surface area is 188 Å². The van der Waals surface area contributed by atoms with E-state index in [1.54, 1.807) is 18.3 Å². The van der Waals surface area contributed by atoms with Gasteiger partial charge >= 0.3 is 0 Å². The molecule has 0 saturated carbocycles. The highest BCUT2D eigenvalue weighted by molar-refractivity contribution is 7.14. The summed E-state index contributed by atoms with van der Waals surface area (Å²) in [6.45, 7) is 0.523. The topological polar surface area (TPSA) is 46.5 Å². The van der Waals surface area contributed by atoms with Crippen molar-refractivity contribution in [1.29, 1.82) is 0 Å². The summed E-state index contributed by atoms with van der Waals surface area (Å²) >= 11 is 13.7. The summed E-state index contributed by atoms with van der Waals surface area (Å²) in [5.74, 6) is 0.789. The van der Waals surface area contributed by atoms with E-state index in [0.29, 0.717) is 21.8 Å². The predicted octanol–water partition coefficient (Wildman–Crippen LogP) is 7.14. The third-order valence-electron chi connectivity index (χ3n) is 4.19. The molecular weight excluding hydrogens is 437 g/mol. The van der Waals surface area contributed by atoms with Crippen LogP contribution in [0.1, 0.15) is 11.1 Å². The standard InChI is InChI=1S/C23H17Cl2N3OS/c24-18-9-10-20(21(25)12-18)22-15-30-23(27-22)28-26-13-17-7-4-8-19(11-17)29-14-16-5-2-1-3-6-16/h1-13,15H,14H2,(H,27,28)/b26-13+. The average Bonchev–Trinajstić information content (AvgIpc) is 3.22. The molecule has 0 atom stereocenters. The number of nitrogens with one attached hydrogen (secondary N) is 1. The van der Waals surface area contributed by atoms with Gasteiger partial charge < -0.3 is 4.74 Å². The molecule has 4 nitrogen and oxygen atoms in total. The van der Waals surface area contributed by atoms with Crippen LogP contribution in [-0.2, 0) is 6.61 Å². The smallest absolute Gasteiger partial charge is 0.203 e. The lowest BCUT2D eigenvalue weighted by Gasteiger charge is -2.06. The van der Waals surface area contributed by atoms with Gasteiger partial charge in [-0.2, -0.15) is 5.10 Å².